The molecule has 0 bridgehead atoms. The van der Waals surface area contributed by atoms with E-state index in [1.165, 1.54) is 4.90 Å². The second-order valence-corrected chi connectivity index (χ2v) is 4.78. The molecule has 1 saturated heterocycles. The standard InChI is InChI=1S/C11H18N2O4/c1-7-4-8(7)5-12-11(16)13-2-3-17-6-9(13)10(14)15/h7-9H,2-6H2,1H3,(H,12,16)(H,14,15). The average Bonchev–Trinajstić information content (AvgIpc) is 3.02. The van der Waals surface area contributed by atoms with Crippen LogP contribution in [0.15, 0.2) is 0 Å². The Hall–Kier alpha value is -1.30. The number of carboxylic acid groups (broad SMARTS) is 1. The van der Waals surface area contributed by atoms with Gasteiger partial charge in [0.05, 0.1) is 13.2 Å². The van der Waals surface area contributed by atoms with Crippen LogP contribution in [0.25, 0.3) is 0 Å². The van der Waals surface area contributed by atoms with Gasteiger partial charge < -0.3 is 20.1 Å². The number of hydrogen-bond acceptors (Lipinski definition) is 3. The number of nitrogens with zero attached hydrogens (tertiary/aromatic N) is 1. The maximum atomic E-state index is 11.8. The zero-order valence-electron chi connectivity index (χ0n) is 9.89. The molecule has 1 aliphatic carbocycles. The van der Waals surface area contributed by atoms with Crippen molar-refractivity contribution in [3.63, 3.8) is 0 Å². The van der Waals surface area contributed by atoms with E-state index >= 15 is 0 Å². The average molecular weight is 242 g/mol. The van der Waals surface area contributed by atoms with Gasteiger partial charge in [0.15, 0.2) is 6.04 Å². The Labute approximate surface area is 99.9 Å². The maximum absolute atomic E-state index is 11.8. The number of carbonyl (C=O) groups excluding carboxylic acids is 1. The molecule has 3 unspecified atom stereocenters. The first kappa shape index (κ1) is 12.2. The Morgan fingerprint density at radius 2 is 2.24 bits per heavy atom. The van der Waals surface area contributed by atoms with Crippen LogP contribution in [0.4, 0.5) is 4.79 Å². The van der Waals surface area contributed by atoms with E-state index in [9.17, 15) is 9.59 Å². The Morgan fingerprint density at radius 3 is 2.82 bits per heavy atom. The van der Waals surface area contributed by atoms with Gasteiger partial charge >= 0.3 is 12.0 Å². The number of carbonyl (C=O) groups is 2. The number of urea groups is 1. The summed E-state index contributed by atoms with van der Waals surface area (Å²) < 4.78 is 5.08. The summed E-state index contributed by atoms with van der Waals surface area (Å²) in [5, 5.41) is 11.8. The summed E-state index contributed by atoms with van der Waals surface area (Å²) in [6.07, 6.45) is 1.14. The third kappa shape index (κ3) is 2.88. The van der Waals surface area contributed by atoms with E-state index in [-0.39, 0.29) is 12.6 Å². The monoisotopic (exact) mass is 242 g/mol. The molecule has 96 valence electrons. The van der Waals surface area contributed by atoms with Gasteiger partial charge in [-0.2, -0.15) is 0 Å². The fourth-order valence-electron chi connectivity index (χ4n) is 2.05. The van der Waals surface area contributed by atoms with Gasteiger partial charge in [-0.3, -0.25) is 0 Å². The van der Waals surface area contributed by atoms with E-state index in [4.69, 9.17) is 9.84 Å². The van der Waals surface area contributed by atoms with Crippen LogP contribution < -0.4 is 5.32 Å². The molecule has 0 aromatic rings. The van der Waals surface area contributed by atoms with Crippen LogP contribution in [0.3, 0.4) is 0 Å². The highest BCUT2D eigenvalue weighted by Crippen LogP contribution is 2.36. The third-order valence-corrected chi connectivity index (χ3v) is 3.47. The highest BCUT2D eigenvalue weighted by atomic mass is 16.5. The van der Waals surface area contributed by atoms with Crippen molar-refractivity contribution in [1.82, 2.24) is 10.2 Å². The summed E-state index contributed by atoms with van der Waals surface area (Å²) in [4.78, 5) is 24.2. The normalized spacial score (nSPS) is 32.1. The van der Waals surface area contributed by atoms with Gasteiger partial charge in [0, 0.05) is 13.1 Å². The third-order valence-electron chi connectivity index (χ3n) is 3.47. The van der Waals surface area contributed by atoms with Crippen molar-refractivity contribution in [2.45, 2.75) is 19.4 Å². The van der Waals surface area contributed by atoms with Crippen molar-refractivity contribution >= 4 is 12.0 Å². The molecule has 6 heteroatoms. The molecule has 1 saturated carbocycles. The summed E-state index contributed by atoms with van der Waals surface area (Å²) in [5.41, 5.74) is 0. The Kier molecular flexibility index (Phi) is 3.51. The second kappa shape index (κ2) is 4.91. The number of aliphatic carboxylic acids is 1. The highest BCUT2D eigenvalue weighted by Gasteiger charge is 2.35. The molecule has 2 fully saturated rings. The molecule has 3 atom stereocenters. The summed E-state index contributed by atoms with van der Waals surface area (Å²) in [6.45, 7) is 3.60. The zero-order chi connectivity index (χ0) is 12.4. The molecular weight excluding hydrogens is 224 g/mol. The SMILES string of the molecule is CC1CC1CNC(=O)N1CCOCC1C(=O)O. The molecule has 2 amide bonds. The van der Waals surface area contributed by atoms with Gasteiger partial charge in [0.25, 0.3) is 0 Å². The number of hydrogen-bond donors (Lipinski definition) is 2. The summed E-state index contributed by atoms with van der Waals surface area (Å²) in [5.74, 6) is 0.221. The highest BCUT2D eigenvalue weighted by molar-refractivity contribution is 5.83. The predicted octanol–water partition coefficient (Wildman–Crippen LogP) is 0.137. The van der Waals surface area contributed by atoms with Gasteiger partial charge in [-0.05, 0) is 18.3 Å². The molecule has 0 aromatic heterocycles. The van der Waals surface area contributed by atoms with Gasteiger partial charge in [-0.25, -0.2) is 9.59 Å². The maximum Gasteiger partial charge on any atom is 0.328 e. The van der Waals surface area contributed by atoms with Crippen LogP contribution in [0.5, 0.6) is 0 Å². The quantitative estimate of drug-likeness (QED) is 0.737. The zero-order valence-corrected chi connectivity index (χ0v) is 9.89. The first-order valence-corrected chi connectivity index (χ1v) is 5.94. The fourth-order valence-corrected chi connectivity index (χ4v) is 2.05. The van der Waals surface area contributed by atoms with Crippen molar-refractivity contribution < 1.29 is 19.4 Å². The van der Waals surface area contributed by atoms with Crippen LogP contribution in [0, 0.1) is 11.8 Å². The number of amides is 2. The minimum Gasteiger partial charge on any atom is -0.480 e. The molecule has 2 N–H and O–H groups in total. The van der Waals surface area contributed by atoms with Gasteiger partial charge in [0.2, 0.25) is 0 Å². The summed E-state index contributed by atoms with van der Waals surface area (Å²) in [6, 6.07) is -1.15. The Bertz CT molecular complexity index is 321. The lowest BCUT2D eigenvalue weighted by Gasteiger charge is -2.32. The minimum atomic E-state index is -1.01. The first-order valence-electron chi connectivity index (χ1n) is 5.94. The number of nitrogens with one attached hydrogen (secondary N) is 1. The summed E-state index contributed by atoms with van der Waals surface area (Å²) in [7, 11) is 0. The molecule has 1 aliphatic heterocycles. The van der Waals surface area contributed by atoms with Gasteiger partial charge in [0.1, 0.15) is 0 Å². The molecule has 17 heavy (non-hydrogen) atoms. The molecule has 2 rings (SSSR count). The first-order chi connectivity index (χ1) is 8.09. The van der Waals surface area contributed by atoms with E-state index in [1.54, 1.807) is 0 Å². The number of rotatable bonds is 3. The Balaban J connectivity index is 1.84. The molecule has 0 radical (unpaired) electrons. The topological polar surface area (TPSA) is 78.9 Å². The lowest BCUT2D eigenvalue weighted by atomic mass is 10.2. The molecule has 1 heterocycles. The second-order valence-electron chi connectivity index (χ2n) is 4.78. The molecule has 6 nitrogen and oxygen atoms in total. The van der Waals surface area contributed by atoms with Crippen molar-refractivity contribution in [3.05, 3.63) is 0 Å². The van der Waals surface area contributed by atoms with Crippen LogP contribution in [0.1, 0.15) is 13.3 Å². The largest absolute Gasteiger partial charge is 0.480 e. The molecule has 2 aliphatic rings. The van der Waals surface area contributed by atoms with E-state index < -0.39 is 12.0 Å². The van der Waals surface area contributed by atoms with Crippen LogP contribution in [-0.2, 0) is 9.53 Å². The minimum absolute atomic E-state index is 0.0720. The van der Waals surface area contributed by atoms with Crippen LogP contribution >= 0.6 is 0 Å². The van der Waals surface area contributed by atoms with Gasteiger partial charge in [-0.1, -0.05) is 6.92 Å². The Morgan fingerprint density at radius 1 is 1.53 bits per heavy atom. The lowest BCUT2D eigenvalue weighted by Crippen LogP contribution is -2.55. The van der Waals surface area contributed by atoms with E-state index in [2.05, 4.69) is 12.2 Å². The predicted molar refractivity (Wildman–Crippen MR) is 59.6 cm³/mol. The smallest absolute Gasteiger partial charge is 0.328 e. The lowest BCUT2D eigenvalue weighted by molar-refractivity contribution is -0.147. The number of carboxylic acids is 1. The van der Waals surface area contributed by atoms with Crippen molar-refractivity contribution in [2.75, 3.05) is 26.3 Å². The van der Waals surface area contributed by atoms with E-state index in [1.807, 2.05) is 0 Å². The number of ether oxygens (including phenoxy) is 1. The van der Waals surface area contributed by atoms with Crippen molar-refractivity contribution in [2.24, 2.45) is 11.8 Å². The van der Waals surface area contributed by atoms with Crippen molar-refractivity contribution in [3.8, 4) is 0 Å². The van der Waals surface area contributed by atoms with E-state index in [0.717, 1.165) is 6.42 Å². The van der Waals surface area contributed by atoms with E-state index in [0.29, 0.717) is 31.5 Å². The molecule has 0 spiro atoms. The summed E-state index contributed by atoms with van der Waals surface area (Å²) >= 11 is 0. The van der Waals surface area contributed by atoms with Crippen molar-refractivity contribution in [1.29, 1.82) is 0 Å². The molecule has 0 aromatic carbocycles. The molecular formula is C11H18N2O4. The fraction of sp³-hybridized carbons (Fsp3) is 0.818. The van der Waals surface area contributed by atoms with Gasteiger partial charge in [-0.15, -0.1) is 0 Å². The number of morpholine rings is 1. The van der Waals surface area contributed by atoms with Crippen LogP contribution in [-0.4, -0.2) is 54.4 Å². The van der Waals surface area contributed by atoms with Crippen LogP contribution in [0.2, 0.25) is 0 Å².